The molecule has 0 aliphatic heterocycles. The normalized spacial score (nSPS) is 10.7. The van der Waals surface area contributed by atoms with Crippen molar-refractivity contribution in [3.63, 3.8) is 0 Å². The van der Waals surface area contributed by atoms with E-state index in [2.05, 4.69) is 33.8 Å². The maximum absolute atomic E-state index is 10.9. The molecule has 0 radical (unpaired) electrons. The van der Waals surface area contributed by atoms with Gasteiger partial charge in [0.25, 0.3) is 0 Å². The Morgan fingerprint density at radius 1 is 1.08 bits per heavy atom. The smallest absolute Gasteiger partial charge is 0.302 e. The number of aryl methyl sites for hydroxylation is 1. The highest BCUT2D eigenvalue weighted by Crippen LogP contribution is 2.10. The molecule has 2 aromatic carbocycles. The molecule has 0 spiro atoms. The van der Waals surface area contributed by atoms with Gasteiger partial charge < -0.3 is 10.1 Å². The number of esters is 1. The maximum atomic E-state index is 10.9. The van der Waals surface area contributed by atoms with Crippen LogP contribution in [0.15, 0.2) is 54.7 Å². The number of aromatic nitrogens is 3. The van der Waals surface area contributed by atoms with Gasteiger partial charge in [0.1, 0.15) is 6.61 Å². The molecule has 1 heterocycles. The average Bonchev–Trinajstić information content (AvgIpc) is 3.07. The Morgan fingerprint density at radius 3 is 2.50 bits per heavy atom. The lowest BCUT2D eigenvalue weighted by Crippen LogP contribution is -2.13. The predicted molar refractivity (Wildman–Crippen MR) is 98.6 cm³/mol. The molecule has 26 heavy (non-hydrogen) atoms. The molecule has 1 N–H and O–H groups in total. The zero-order valence-corrected chi connectivity index (χ0v) is 15.0. The number of benzene rings is 2. The first-order valence-corrected chi connectivity index (χ1v) is 8.50. The summed E-state index contributed by atoms with van der Waals surface area (Å²) in [5.41, 5.74) is 5.23. The molecule has 0 amide bonds. The van der Waals surface area contributed by atoms with Crippen molar-refractivity contribution in [3.05, 3.63) is 77.1 Å². The van der Waals surface area contributed by atoms with Gasteiger partial charge in [-0.3, -0.25) is 4.79 Å². The molecular weight excluding hydrogens is 328 g/mol. The van der Waals surface area contributed by atoms with Gasteiger partial charge in [-0.25, -0.2) is 4.68 Å². The van der Waals surface area contributed by atoms with Crippen LogP contribution in [0.5, 0.6) is 0 Å². The van der Waals surface area contributed by atoms with E-state index in [1.54, 1.807) is 4.68 Å². The Bertz CT molecular complexity index is 872. The van der Waals surface area contributed by atoms with Crippen molar-refractivity contribution in [2.45, 2.75) is 33.5 Å². The summed E-state index contributed by atoms with van der Waals surface area (Å²) in [6.07, 6.45) is 1.90. The fourth-order valence-electron chi connectivity index (χ4n) is 2.61. The Hall–Kier alpha value is -2.99. The minimum atomic E-state index is -0.266. The van der Waals surface area contributed by atoms with Crippen molar-refractivity contribution in [3.8, 4) is 5.69 Å². The SMILES string of the molecule is CC(=O)OCc1cccc(CNCc2ccc(-n3cc(C)nn3)cc2)c1. The molecule has 3 rings (SSSR count). The van der Waals surface area contributed by atoms with Crippen LogP contribution in [0, 0.1) is 6.92 Å². The third-order valence-electron chi connectivity index (χ3n) is 3.90. The van der Waals surface area contributed by atoms with E-state index in [1.807, 2.05) is 43.5 Å². The van der Waals surface area contributed by atoms with Crippen molar-refractivity contribution in [2.75, 3.05) is 0 Å². The van der Waals surface area contributed by atoms with Crippen LogP contribution in [-0.4, -0.2) is 21.0 Å². The summed E-state index contributed by atoms with van der Waals surface area (Å²) in [4.78, 5) is 10.9. The number of hydrogen-bond acceptors (Lipinski definition) is 5. The Morgan fingerprint density at radius 2 is 1.81 bits per heavy atom. The lowest BCUT2D eigenvalue weighted by molar-refractivity contribution is -0.142. The van der Waals surface area contributed by atoms with Gasteiger partial charge in [0.05, 0.1) is 17.6 Å². The van der Waals surface area contributed by atoms with E-state index in [4.69, 9.17) is 4.74 Å². The molecule has 6 nitrogen and oxygen atoms in total. The van der Waals surface area contributed by atoms with Gasteiger partial charge in [0, 0.05) is 20.0 Å². The van der Waals surface area contributed by atoms with Gasteiger partial charge in [-0.1, -0.05) is 41.6 Å². The summed E-state index contributed by atoms with van der Waals surface area (Å²) in [5.74, 6) is -0.266. The maximum Gasteiger partial charge on any atom is 0.302 e. The standard InChI is InChI=1S/C20H22N4O2/c1-15-13-24(23-22-15)20-8-6-17(7-9-20)11-21-12-18-4-3-5-19(10-18)14-26-16(2)25/h3-10,13,21H,11-12,14H2,1-2H3. The molecule has 6 heteroatoms. The molecule has 0 saturated heterocycles. The van der Waals surface area contributed by atoms with Crippen LogP contribution in [0.3, 0.4) is 0 Å². The molecule has 1 aromatic heterocycles. The molecule has 0 atom stereocenters. The quantitative estimate of drug-likeness (QED) is 0.664. The topological polar surface area (TPSA) is 69.0 Å². The summed E-state index contributed by atoms with van der Waals surface area (Å²) in [7, 11) is 0. The fraction of sp³-hybridized carbons (Fsp3) is 0.250. The zero-order valence-electron chi connectivity index (χ0n) is 15.0. The van der Waals surface area contributed by atoms with Crippen molar-refractivity contribution < 1.29 is 9.53 Å². The van der Waals surface area contributed by atoms with Crippen LogP contribution < -0.4 is 5.32 Å². The first-order valence-electron chi connectivity index (χ1n) is 8.50. The van der Waals surface area contributed by atoms with Crippen LogP contribution in [0.4, 0.5) is 0 Å². The second kappa shape index (κ2) is 8.40. The van der Waals surface area contributed by atoms with Gasteiger partial charge in [-0.2, -0.15) is 0 Å². The van der Waals surface area contributed by atoms with E-state index in [0.717, 1.165) is 35.6 Å². The summed E-state index contributed by atoms with van der Waals surface area (Å²) < 4.78 is 6.80. The molecule has 0 aliphatic carbocycles. The van der Waals surface area contributed by atoms with Crippen LogP contribution in [-0.2, 0) is 29.2 Å². The van der Waals surface area contributed by atoms with Gasteiger partial charge in [-0.05, 0) is 35.7 Å². The van der Waals surface area contributed by atoms with E-state index in [0.29, 0.717) is 6.61 Å². The molecule has 0 bridgehead atoms. The Balaban J connectivity index is 1.51. The molecule has 3 aromatic rings. The second-order valence-electron chi connectivity index (χ2n) is 6.17. The Labute approximate surface area is 152 Å². The van der Waals surface area contributed by atoms with E-state index in [1.165, 1.54) is 12.5 Å². The summed E-state index contributed by atoms with van der Waals surface area (Å²) in [6.45, 7) is 5.17. The molecule has 0 aliphatic rings. The molecule has 0 fully saturated rings. The van der Waals surface area contributed by atoms with Crippen LogP contribution in [0.2, 0.25) is 0 Å². The lowest BCUT2D eigenvalue weighted by Gasteiger charge is -2.08. The first-order chi connectivity index (χ1) is 12.6. The summed E-state index contributed by atoms with van der Waals surface area (Å²) in [6, 6.07) is 16.3. The summed E-state index contributed by atoms with van der Waals surface area (Å²) >= 11 is 0. The third-order valence-corrected chi connectivity index (χ3v) is 3.90. The number of carbonyl (C=O) groups excluding carboxylic acids is 1. The number of carbonyl (C=O) groups is 1. The van der Waals surface area contributed by atoms with Gasteiger partial charge in [0.15, 0.2) is 0 Å². The number of ether oxygens (including phenoxy) is 1. The number of hydrogen-bond donors (Lipinski definition) is 1. The van der Waals surface area contributed by atoms with Crippen LogP contribution >= 0.6 is 0 Å². The number of rotatable bonds is 7. The second-order valence-corrected chi connectivity index (χ2v) is 6.17. The van der Waals surface area contributed by atoms with Gasteiger partial charge in [-0.15, -0.1) is 5.10 Å². The monoisotopic (exact) mass is 350 g/mol. The highest BCUT2D eigenvalue weighted by Gasteiger charge is 2.01. The molecule has 134 valence electrons. The highest BCUT2D eigenvalue weighted by molar-refractivity contribution is 5.65. The van der Waals surface area contributed by atoms with Gasteiger partial charge in [0.2, 0.25) is 0 Å². The lowest BCUT2D eigenvalue weighted by atomic mass is 10.1. The molecule has 0 saturated carbocycles. The van der Waals surface area contributed by atoms with Crippen molar-refractivity contribution in [1.82, 2.24) is 20.3 Å². The van der Waals surface area contributed by atoms with E-state index >= 15 is 0 Å². The number of nitrogens with zero attached hydrogens (tertiary/aromatic N) is 3. The van der Waals surface area contributed by atoms with Crippen molar-refractivity contribution in [2.24, 2.45) is 0 Å². The molecular formula is C20H22N4O2. The van der Waals surface area contributed by atoms with Crippen LogP contribution in [0.25, 0.3) is 5.69 Å². The van der Waals surface area contributed by atoms with Crippen molar-refractivity contribution in [1.29, 1.82) is 0 Å². The Kier molecular flexibility index (Phi) is 5.76. The van der Waals surface area contributed by atoms with Crippen molar-refractivity contribution >= 4 is 5.97 Å². The third kappa shape index (κ3) is 5.00. The first kappa shape index (κ1) is 17.8. The highest BCUT2D eigenvalue weighted by atomic mass is 16.5. The number of nitrogens with one attached hydrogen (secondary N) is 1. The predicted octanol–water partition coefficient (Wildman–Crippen LogP) is 2.93. The van der Waals surface area contributed by atoms with E-state index < -0.39 is 0 Å². The van der Waals surface area contributed by atoms with Crippen LogP contribution in [0.1, 0.15) is 29.3 Å². The zero-order chi connectivity index (χ0) is 18.4. The minimum absolute atomic E-state index is 0.266. The fourth-order valence-corrected chi connectivity index (χ4v) is 2.61. The molecule has 0 unspecified atom stereocenters. The van der Waals surface area contributed by atoms with Gasteiger partial charge >= 0.3 is 5.97 Å². The summed E-state index contributed by atoms with van der Waals surface area (Å²) in [5, 5.41) is 11.5. The van der Waals surface area contributed by atoms with E-state index in [9.17, 15) is 4.79 Å². The van der Waals surface area contributed by atoms with E-state index in [-0.39, 0.29) is 5.97 Å². The average molecular weight is 350 g/mol. The largest absolute Gasteiger partial charge is 0.461 e. The minimum Gasteiger partial charge on any atom is -0.461 e.